The molecule has 1 aromatic heterocycles. The molecular formula is C16H28N2O. The third-order valence-electron chi connectivity index (χ3n) is 4.93. The Morgan fingerprint density at radius 2 is 1.95 bits per heavy atom. The largest absolute Gasteiger partial charge is 0.392 e. The van der Waals surface area contributed by atoms with Gasteiger partial charge in [0.2, 0.25) is 0 Å². The molecule has 1 saturated carbocycles. The lowest BCUT2D eigenvalue weighted by atomic mass is 9.80. The Bertz CT molecular complexity index is 389. The molecule has 0 aliphatic heterocycles. The van der Waals surface area contributed by atoms with E-state index in [4.69, 9.17) is 0 Å². The van der Waals surface area contributed by atoms with Gasteiger partial charge in [-0.2, -0.15) is 5.10 Å². The van der Waals surface area contributed by atoms with Gasteiger partial charge in [-0.25, -0.2) is 0 Å². The molecule has 1 fully saturated rings. The molecule has 0 amide bonds. The molecule has 108 valence electrons. The van der Waals surface area contributed by atoms with Crippen LogP contribution in [-0.4, -0.2) is 21.0 Å². The van der Waals surface area contributed by atoms with E-state index in [2.05, 4.69) is 42.8 Å². The number of hydrogen-bond acceptors (Lipinski definition) is 2. The second kappa shape index (κ2) is 6.08. The minimum atomic E-state index is -0.250. The van der Waals surface area contributed by atoms with Gasteiger partial charge in [0.15, 0.2) is 0 Å². The van der Waals surface area contributed by atoms with Crippen LogP contribution in [0.4, 0.5) is 0 Å². The Morgan fingerprint density at radius 1 is 1.32 bits per heavy atom. The van der Waals surface area contributed by atoms with Gasteiger partial charge in [0.25, 0.3) is 0 Å². The highest BCUT2D eigenvalue weighted by molar-refractivity contribution is 5.04. The molecule has 19 heavy (non-hydrogen) atoms. The molecule has 3 nitrogen and oxygen atoms in total. The molecular weight excluding hydrogens is 236 g/mol. The number of aromatic nitrogens is 2. The summed E-state index contributed by atoms with van der Waals surface area (Å²) in [4.78, 5) is 0. The van der Waals surface area contributed by atoms with E-state index in [1.165, 1.54) is 12.8 Å². The van der Waals surface area contributed by atoms with Crippen LogP contribution in [0.15, 0.2) is 12.3 Å². The number of hydrogen-bond donors (Lipinski definition) is 1. The van der Waals surface area contributed by atoms with Crippen LogP contribution in [-0.2, 0) is 6.42 Å². The Kier molecular flexibility index (Phi) is 4.67. The topological polar surface area (TPSA) is 38.0 Å². The average molecular weight is 264 g/mol. The van der Waals surface area contributed by atoms with Crippen molar-refractivity contribution in [2.24, 2.45) is 5.41 Å². The fourth-order valence-corrected chi connectivity index (χ4v) is 3.31. The molecule has 1 aliphatic carbocycles. The summed E-state index contributed by atoms with van der Waals surface area (Å²) < 4.78 is 2.07. The van der Waals surface area contributed by atoms with E-state index in [0.717, 1.165) is 31.4 Å². The van der Waals surface area contributed by atoms with Gasteiger partial charge >= 0.3 is 0 Å². The van der Waals surface area contributed by atoms with E-state index in [9.17, 15) is 5.11 Å². The first-order valence-electron chi connectivity index (χ1n) is 7.81. The summed E-state index contributed by atoms with van der Waals surface area (Å²) in [5.41, 5.74) is 1.14. The van der Waals surface area contributed by atoms with E-state index in [1.54, 1.807) is 0 Å². The SMILES string of the molecule is CCC(CC)n1ccc(CC(O)C2(C)CCCC2)n1. The molecule has 0 bridgehead atoms. The zero-order chi connectivity index (χ0) is 13.9. The number of aliphatic hydroxyl groups excluding tert-OH is 1. The fraction of sp³-hybridized carbons (Fsp3) is 0.812. The third-order valence-corrected chi connectivity index (χ3v) is 4.93. The minimum Gasteiger partial charge on any atom is -0.392 e. The monoisotopic (exact) mass is 264 g/mol. The summed E-state index contributed by atoms with van der Waals surface area (Å²) in [5.74, 6) is 0. The normalized spacial score (nSPS) is 20.1. The molecule has 1 aromatic rings. The van der Waals surface area contributed by atoms with Crippen LogP contribution in [0.1, 0.15) is 71.0 Å². The van der Waals surface area contributed by atoms with Crippen LogP contribution in [0, 0.1) is 5.41 Å². The van der Waals surface area contributed by atoms with E-state index in [-0.39, 0.29) is 11.5 Å². The van der Waals surface area contributed by atoms with Crippen LogP contribution >= 0.6 is 0 Å². The molecule has 0 aromatic carbocycles. The first-order chi connectivity index (χ1) is 9.09. The first-order valence-corrected chi connectivity index (χ1v) is 7.81. The van der Waals surface area contributed by atoms with Gasteiger partial charge < -0.3 is 5.11 Å². The lowest BCUT2D eigenvalue weighted by molar-refractivity contribution is 0.0414. The quantitative estimate of drug-likeness (QED) is 0.850. The number of rotatable bonds is 6. The maximum Gasteiger partial charge on any atom is 0.0650 e. The number of nitrogens with zero attached hydrogens (tertiary/aromatic N) is 2. The highest BCUT2D eigenvalue weighted by Crippen LogP contribution is 2.41. The van der Waals surface area contributed by atoms with Crippen molar-refractivity contribution in [3.05, 3.63) is 18.0 Å². The molecule has 1 aliphatic rings. The first kappa shape index (κ1) is 14.6. The molecule has 3 heteroatoms. The maximum absolute atomic E-state index is 10.5. The number of aliphatic hydroxyl groups is 1. The van der Waals surface area contributed by atoms with Gasteiger partial charge in [-0.1, -0.05) is 33.6 Å². The summed E-state index contributed by atoms with van der Waals surface area (Å²) >= 11 is 0. The second-order valence-corrected chi connectivity index (χ2v) is 6.34. The molecule has 0 radical (unpaired) electrons. The second-order valence-electron chi connectivity index (χ2n) is 6.34. The summed E-state index contributed by atoms with van der Waals surface area (Å²) in [6.45, 7) is 6.62. The lowest BCUT2D eigenvalue weighted by Gasteiger charge is -2.29. The van der Waals surface area contributed by atoms with Gasteiger partial charge in [0, 0.05) is 12.6 Å². The fourth-order valence-electron chi connectivity index (χ4n) is 3.31. The van der Waals surface area contributed by atoms with Crippen LogP contribution < -0.4 is 0 Å². The molecule has 0 saturated heterocycles. The maximum atomic E-state index is 10.5. The standard InChI is InChI=1S/C16H28N2O/c1-4-14(5-2)18-11-8-13(17-18)12-15(19)16(3)9-6-7-10-16/h8,11,14-15,19H,4-7,9-10,12H2,1-3H3. The van der Waals surface area contributed by atoms with E-state index in [1.807, 2.05) is 0 Å². The Morgan fingerprint density at radius 3 is 2.53 bits per heavy atom. The van der Waals surface area contributed by atoms with Gasteiger partial charge in [-0.3, -0.25) is 4.68 Å². The van der Waals surface area contributed by atoms with Crippen LogP contribution in [0.2, 0.25) is 0 Å². The van der Waals surface area contributed by atoms with Crippen molar-refractivity contribution in [1.82, 2.24) is 9.78 Å². The van der Waals surface area contributed by atoms with Gasteiger partial charge in [0.1, 0.15) is 0 Å². The summed E-state index contributed by atoms with van der Waals surface area (Å²) in [6.07, 6.45) is 9.56. The van der Waals surface area contributed by atoms with Gasteiger partial charge in [-0.05, 0) is 37.2 Å². The van der Waals surface area contributed by atoms with Crippen molar-refractivity contribution in [3.63, 3.8) is 0 Å². The molecule has 1 unspecified atom stereocenters. The minimum absolute atomic E-state index is 0.110. The third kappa shape index (κ3) is 3.19. The highest BCUT2D eigenvalue weighted by atomic mass is 16.3. The molecule has 1 N–H and O–H groups in total. The van der Waals surface area contributed by atoms with Crippen LogP contribution in [0.3, 0.4) is 0 Å². The van der Waals surface area contributed by atoms with Crippen molar-refractivity contribution in [1.29, 1.82) is 0 Å². The van der Waals surface area contributed by atoms with Crippen molar-refractivity contribution in [3.8, 4) is 0 Å². The van der Waals surface area contributed by atoms with Crippen molar-refractivity contribution >= 4 is 0 Å². The van der Waals surface area contributed by atoms with E-state index in [0.29, 0.717) is 12.5 Å². The Hall–Kier alpha value is -0.830. The smallest absolute Gasteiger partial charge is 0.0650 e. The van der Waals surface area contributed by atoms with Gasteiger partial charge in [0.05, 0.1) is 17.8 Å². The van der Waals surface area contributed by atoms with E-state index >= 15 is 0 Å². The predicted molar refractivity (Wildman–Crippen MR) is 78.1 cm³/mol. The molecule has 0 spiro atoms. The molecule has 2 rings (SSSR count). The zero-order valence-electron chi connectivity index (χ0n) is 12.6. The molecule has 1 heterocycles. The summed E-state index contributed by atoms with van der Waals surface area (Å²) in [7, 11) is 0. The predicted octanol–water partition coefficient (Wildman–Crippen LogP) is 3.73. The van der Waals surface area contributed by atoms with Crippen molar-refractivity contribution in [2.75, 3.05) is 0 Å². The Balaban J connectivity index is 1.99. The van der Waals surface area contributed by atoms with Crippen molar-refractivity contribution < 1.29 is 5.11 Å². The average Bonchev–Trinajstić information content (AvgIpc) is 3.02. The lowest BCUT2D eigenvalue weighted by Crippen LogP contribution is -2.31. The zero-order valence-corrected chi connectivity index (χ0v) is 12.6. The van der Waals surface area contributed by atoms with Crippen molar-refractivity contribution in [2.45, 2.75) is 77.9 Å². The van der Waals surface area contributed by atoms with Crippen LogP contribution in [0.5, 0.6) is 0 Å². The highest BCUT2D eigenvalue weighted by Gasteiger charge is 2.36. The summed E-state index contributed by atoms with van der Waals surface area (Å²) in [5, 5.41) is 15.1. The van der Waals surface area contributed by atoms with E-state index < -0.39 is 0 Å². The molecule has 1 atom stereocenters. The van der Waals surface area contributed by atoms with Gasteiger partial charge in [-0.15, -0.1) is 0 Å². The summed E-state index contributed by atoms with van der Waals surface area (Å²) in [6, 6.07) is 2.56. The van der Waals surface area contributed by atoms with Crippen LogP contribution in [0.25, 0.3) is 0 Å². The Labute approximate surface area is 117 Å².